The van der Waals surface area contributed by atoms with Crippen LogP contribution in [0.5, 0.6) is 0 Å². The predicted octanol–water partition coefficient (Wildman–Crippen LogP) is 5.48. The normalized spacial score (nSPS) is 18.6. The van der Waals surface area contributed by atoms with Gasteiger partial charge in [0, 0.05) is 17.8 Å². The number of nitrogens with one attached hydrogen (secondary N) is 2. The molecule has 0 bridgehead atoms. The van der Waals surface area contributed by atoms with Gasteiger partial charge in [0.2, 0.25) is 0 Å². The summed E-state index contributed by atoms with van der Waals surface area (Å²) in [6.07, 6.45) is 3.53. The fourth-order valence-corrected chi connectivity index (χ4v) is 4.28. The smallest absolute Gasteiger partial charge is 0.320 e. The van der Waals surface area contributed by atoms with Crippen LogP contribution in [-0.2, 0) is 4.79 Å². The molecule has 1 heterocycles. The lowest BCUT2D eigenvalue weighted by Gasteiger charge is -2.31. The molecule has 35 heavy (non-hydrogen) atoms. The molecule has 0 aliphatic heterocycles. The Bertz CT molecular complexity index is 1220. The second-order valence-corrected chi connectivity index (χ2v) is 8.60. The van der Waals surface area contributed by atoms with E-state index in [1.54, 1.807) is 19.1 Å². The van der Waals surface area contributed by atoms with Gasteiger partial charge in [-0.15, -0.1) is 5.10 Å². The van der Waals surface area contributed by atoms with Crippen LogP contribution in [0.15, 0.2) is 40.8 Å². The number of amides is 1. The van der Waals surface area contributed by atoms with Gasteiger partial charge in [0.25, 0.3) is 0 Å². The van der Waals surface area contributed by atoms with Crippen LogP contribution < -0.4 is 10.6 Å². The molecule has 184 valence electrons. The summed E-state index contributed by atoms with van der Waals surface area (Å²) in [7, 11) is 0. The molecule has 1 saturated carbocycles. The van der Waals surface area contributed by atoms with E-state index >= 15 is 0 Å². The van der Waals surface area contributed by atoms with Crippen molar-refractivity contribution in [1.82, 2.24) is 10.2 Å². The van der Waals surface area contributed by atoms with Crippen molar-refractivity contribution in [2.75, 3.05) is 10.6 Å². The number of nitrogens with zero attached hydrogens (tertiary/aromatic N) is 2. The van der Waals surface area contributed by atoms with E-state index < -0.39 is 40.9 Å². The molecule has 11 heteroatoms. The van der Waals surface area contributed by atoms with E-state index in [0.29, 0.717) is 23.7 Å². The highest BCUT2D eigenvalue weighted by atomic mass is 19.2. The summed E-state index contributed by atoms with van der Waals surface area (Å²) in [6, 6.07) is 7.89. The number of carboxylic acid groups (broad SMARTS) is 1. The first kappa shape index (κ1) is 24.2. The Kier molecular flexibility index (Phi) is 7.04. The second kappa shape index (κ2) is 10.2. The van der Waals surface area contributed by atoms with Gasteiger partial charge in [0.15, 0.2) is 11.6 Å². The Morgan fingerprint density at radius 1 is 1.00 bits per heavy atom. The molecule has 1 amide bonds. The van der Waals surface area contributed by atoms with Crippen molar-refractivity contribution < 1.29 is 32.3 Å². The number of halogens is 3. The molecule has 2 aromatic carbocycles. The van der Waals surface area contributed by atoms with Crippen molar-refractivity contribution >= 4 is 29.3 Å². The number of benzene rings is 2. The molecule has 3 N–H and O–H groups in total. The van der Waals surface area contributed by atoms with Gasteiger partial charge in [-0.2, -0.15) is 0 Å². The van der Waals surface area contributed by atoms with Gasteiger partial charge in [-0.1, -0.05) is 24.2 Å². The molecule has 3 aromatic rings. The lowest BCUT2D eigenvalue weighted by atomic mass is 9.74. The molecule has 0 radical (unpaired) electrons. The number of carboxylic acids is 1. The van der Waals surface area contributed by atoms with Crippen LogP contribution in [0.4, 0.5) is 30.6 Å². The summed E-state index contributed by atoms with van der Waals surface area (Å²) in [4.78, 5) is 23.6. The third-order valence-corrected chi connectivity index (χ3v) is 6.38. The van der Waals surface area contributed by atoms with Gasteiger partial charge in [-0.05, 0) is 55.2 Å². The highest BCUT2D eigenvalue weighted by Gasteiger charge is 2.29. The molecule has 1 fully saturated rings. The van der Waals surface area contributed by atoms with Crippen molar-refractivity contribution in [2.45, 2.75) is 38.5 Å². The Hall–Kier alpha value is -3.89. The first-order valence-corrected chi connectivity index (χ1v) is 11.1. The van der Waals surface area contributed by atoms with Crippen LogP contribution in [0.1, 0.15) is 54.8 Å². The maximum atomic E-state index is 13.8. The van der Waals surface area contributed by atoms with E-state index in [4.69, 9.17) is 4.42 Å². The molecule has 0 saturated heterocycles. The van der Waals surface area contributed by atoms with Crippen LogP contribution >= 0.6 is 0 Å². The number of carbonyl (C=O) groups excluding carboxylic acids is 1. The van der Waals surface area contributed by atoms with Crippen LogP contribution in [0, 0.1) is 29.3 Å². The summed E-state index contributed by atoms with van der Waals surface area (Å²) >= 11 is 0. The van der Waals surface area contributed by atoms with E-state index in [1.807, 2.05) is 12.1 Å². The molecule has 1 unspecified atom stereocenters. The minimum atomic E-state index is -1.34. The molecule has 1 aliphatic carbocycles. The Balaban J connectivity index is 1.33. The molecule has 1 atom stereocenters. The zero-order chi connectivity index (χ0) is 25.1. The lowest BCUT2D eigenvalue weighted by molar-refractivity contribution is -0.143. The lowest BCUT2D eigenvalue weighted by Crippen LogP contribution is -2.24. The largest absolute Gasteiger partial charge is 0.481 e. The number of aromatic nitrogens is 2. The quantitative estimate of drug-likeness (QED) is 0.377. The number of rotatable bonds is 7. The molecule has 1 aromatic heterocycles. The van der Waals surface area contributed by atoms with Gasteiger partial charge in [-0.3, -0.25) is 9.59 Å². The number of hydrogen-bond donors (Lipinski definition) is 3. The Labute approximate surface area is 198 Å². The fraction of sp³-hybridized carbons (Fsp3) is 0.333. The summed E-state index contributed by atoms with van der Waals surface area (Å²) in [5, 5.41) is 21.3. The standard InChI is InChI=1S/C24H23F3N4O4/c1-12(23(33)34)13-2-4-14(5-3-13)15-6-8-16(9-7-15)28-21(32)22-30-31-24(35-22)29-20-11-18(26)17(25)10-19(20)27/h6-14H,2-5H2,1H3,(H,28,32)(H,29,31)(H,33,34). The third-order valence-electron chi connectivity index (χ3n) is 6.38. The first-order chi connectivity index (χ1) is 16.7. The zero-order valence-corrected chi connectivity index (χ0v) is 18.7. The van der Waals surface area contributed by atoms with Gasteiger partial charge < -0.3 is 20.2 Å². The van der Waals surface area contributed by atoms with Gasteiger partial charge in [0.05, 0.1) is 11.6 Å². The highest BCUT2D eigenvalue weighted by molar-refractivity contribution is 6.00. The van der Waals surface area contributed by atoms with E-state index in [2.05, 4.69) is 20.8 Å². The average molecular weight is 488 g/mol. The minimum Gasteiger partial charge on any atom is -0.481 e. The maximum absolute atomic E-state index is 13.8. The van der Waals surface area contributed by atoms with Crippen molar-refractivity contribution in [3.63, 3.8) is 0 Å². The SMILES string of the molecule is CC(C(=O)O)C1CCC(c2ccc(NC(=O)c3nnc(Nc4cc(F)c(F)cc4F)o3)cc2)CC1. The summed E-state index contributed by atoms with van der Waals surface area (Å²) in [6.45, 7) is 1.76. The van der Waals surface area contributed by atoms with E-state index in [9.17, 15) is 27.9 Å². The molecular formula is C24H23F3N4O4. The zero-order valence-electron chi connectivity index (χ0n) is 18.7. The summed E-state index contributed by atoms with van der Waals surface area (Å²) in [5.41, 5.74) is 1.18. The average Bonchev–Trinajstić information content (AvgIpc) is 3.31. The predicted molar refractivity (Wildman–Crippen MR) is 120 cm³/mol. The van der Waals surface area contributed by atoms with Crippen molar-refractivity contribution in [3.05, 3.63) is 65.3 Å². The summed E-state index contributed by atoms with van der Waals surface area (Å²) in [5.74, 6) is -5.37. The molecule has 0 spiro atoms. The van der Waals surface area contributed by atoms with E-state index in [-0.39, 0.29) is 17.9 Å². The van der Waals surface area contributed by atoms with Gasteiger partial charge in [0.1, 0.15) is 5.82 Å². The number of hydrogen-bond acceptors (Lipinski definition) is 6. The third kappa shape index (κ3) is 5.61. The fourth-order valence-electron chi connectivity index (χ4n) is 4.28. The number of carbonyl (C=O) groups is 2. The maximum Gasteiger partial charge on any atom is 0.320 e. The van der Waals surface area contributed by atoms with E-state index in [0.717, 1.165) is 31.2 Å². The number of aliphatic carboxylic acids is 1. The van der Waals surface area contributed by atoms with Crippen molar-refractivity contribution in [3.8, 4) is 0 Å². The monoisotopic (exact) mass is 488 g/mol. The van der Waals surface area contributed by atoms with Crippen LogP contribution in [-0.4, -0.2) is 27.2 Å². The molecular weight excluding hydrogens is 465 g/mol. The van der Waals surface area contributed by atoms with Crippen LogP contribution in [0.2, 0.25) is 0 Å². The van der Waals surface area contributed by atoms with Gasteiger partial charge >= 0.3 is 23.8 Å². The van der Waals surface area contributed by atoms with E-state index in [1.165, 1.54) is 0 Å². The highest BCUT2D eigenvalue weighted by Crippen LogP contribution is 2.39. The van der Waals surface area contributed by atoms with Crippen molar-refractivity contribution in [1.29, 1.82) is 0 Å². The topological polar surface area (TPSA) is 117 Å². The molecule has 8 nitrogen and oxygen atoms in total. The first-order valence-electron chi connectivity index (χ1n) is 11.1. The van der Waals surface area contributed by atoms with Crippen LogP contribution in [0.25, 0.3) is 0 Å². The Morgan fingerprint density at radius 3 is 2.31 bits per heavy atom. The summed E-state index contributed by atoms with van der Waals surface area (Å²) < 4.78 is 45.3. The minimum absolute atomic E-state index is 0.190. The van der Waals surface area contributed by atoms with Crippen LogP contribution in [0.3, 0.4) is 0 Å². The van der Waals surface area contributed by atoms with Gasteiger partial charge in [-0.25, -0.2) is 13.2 Å². The number of anilines is 3. The molecule has 4 rings (SSSR count). The second-order valence-electron chi connectivity index (χ2n) is 8.60. The van der Waals surface area contributed by atoms with Crippen molar-refractivity contribution in [2.24, 2.45) is 11.8 Å². The Morgan fingerprint density at radius 2 is 1.66 bits per heavy atom. The molecule has 1 aliphatic rings.